The minimum absolute atomic E-state index is 0.152. The lowest BCUT2D eigenvalue weighted by Gasteiger charge is -2.39. The topological polar surface area (TPSA) is 120 Å². The van der Waals surface area contributed by atoms with E-state index in [0.717, 1.165) is 5.57 Å². The number of hydrogen-bond acceptors (Lipinski definition) is 7. The molecule has 0 amide bonds. The third kappa shape index (κ3) is 5.96. The average molecular weight is 332 g/mol. The summed E-state index contributed by atoms with van der Waals surface area (Å²) in [6.45, 7) is 6.72. The van der Waals surface area contributed by atoms with Crippen molar-refractivity contribution in [3.63, 3.8) is 0 Å². The molecule has 1 rings (SSSR count). The zero-order chi connectivity index (χ0) is 17.6. The van der Waals surface area contributed by atoms with Crippen molar-refractivity contribution in [2.24, 2.45) is 0 Å². The number of rotatable bonds is 8. The minimum Gasteiger partial charge on any atom is -0.394 e. The summed E-state index contributed by atoms with van der Waals surface area (Å²) in [5.74, 6) is 0. The Labute approximate surface area is 136 Å². The third-order valence-electron chi connectivity index (χ3n) is 3.91. The molecule has 7 nitrogen and oxygen atoms in total. The van der Waals surface area contributed by atoms with Crippen LogP contribution in [0.1, 0.15) is 26.7 Å². The van der Waals surface area contributed by atoms with Crippen molar-refractivity contribution < 1.29 is 35.0 Å². The van der Waals surface area contributed by atoms with E-state index < -0.39 is 42.9 Å². The van der Waals surface area contributed by atoms with E-state index in [1.807, 2.05) is 13.0 Å². The predicted molar refractivity (Wildman–Crippen MR) is 83.5 cm³/mol. The van der Waals surface area contributed by atoms with E-state index >= 15 is 0 Å². The Kier molecular flexibility index (Phi) is 7.82. The van der Waals surface area contributed by atoms with Crippen molar-refractivity contribution in [1.29, 1.82) is 0 Å². The van der Waals surface area contributed by atoms with Crippen LogP contribution in [0.2, 0.25) is 0 Å². The van der Waals surface area contributed by atoms with Crippen LogP contribution in [0.5, 0.6) is 0 Å². The van der Waals surface area contributed by atoms with Crippen LogP contribution >= 0.6 is 0 Å². The van der Waals surface area contributed by atoms with Gasteiger partial charge in [-0.25, -0.2) is 0 Å². The van der Waals surface area contributed by atoms with Crippen LogP contribution in [0.3, 0.4) is 0 Å². The standard InChI is InChI=1S/C16H28O7/c1-4-16(3,21)7-5-6-10(2)9-22-15-14(20)13(19)12(18)11(8-17)23-15/h4,6,11-15,17-21H,1,5,7-9H2,2-3H3/t11-,12-,13+,14-,15?,16?/m1/s1. The second kappa shape index (κ2) is 8.89. The first-order valence-corrected chi connectivity index (χ1v) is 7.65. The van der Waals surface area contributed by atoms with E-state index in [4.69, 9.17) is 14.6 Å². The van der Waals surface area contributed by atoms with Crippen molar-refractivity contribution in [3.8, 4) is 0 Å². The average Bonchev–Trinajstić information content (AvgIpc) is 2.52. The third-order valence-corrected chi connectivity index (χ3v) is 3.91. The van der Waals surface area contributed by atoms with Crippen LogP contribution < -0.4 is 0 Å². The van der Waals surface area contributed by atoms with Crippen molar-refractivity contribution in [1.82, 2.24) is 0 Å². The molecule has 6 atom stereocenters. The van der Waals surface area contributed by atoms with Crippen LogP contribution in [0, 0.1) is 0 Å². The summed E-state index contributed by atoms with van der Waals surface area (Å²) in [5, 5.41) is 48.1. The summed E-state index contributed by atoms with van der Waals surface area (Å²) in [7, 11) is 0. The predicted octanol–water partition coefficient (Wildman–Crippen LogP) is -0.534. The Balaban J connectivity index is 2.48. The molecule has 23 heavy (non-hydrogen) atoms. The van der Waals surface area contributed by atoms with Crippen molar-refractivity contribution >= 4 is 0 Å². The largest absolute Gasteiger partial charge is 0.394 e. The molecule has 0 bridgehead atoms. The van der Waals surface area contributed by atoms with Gasteiger partial charge in [0.2, 0.25) is 0 Å². The van der Waals surface area contributed by atoms with Gasteiger partial charge < -0.3 is 35.0 Å². The molecule has 0 radical (unpaired) electrons. The summed E-state index contributed by atoms with van der Waals surface area (Å²) < 4.78 is 10.7. The number of aliphatic hydroxyl groups excluding tert-OH is 4. The molecule has 1 heterocycles. The zero-order valence-electron chi connectivity index (χ0n) is 13.6. The molecular formula is C16H28O7. The van der Waals surface area contributed by atoms with Crippen LogP contribution in [0.4, 0.5) is 0 Å². The number of ether oxygens (including phenoxy) is 2. The van der Waals surface area contributed by atoms with Gasteiger partial charge in [0.1, 0.15) is 24.4 Å². The van der Waals surface area contributed by atoms with Gasteiger partial charge in [-0.05, 0) is 26.7 Å². The van der Waals surface area contributed by atoms with Crippen molar-refractivity contribution in [2.45, 2.75) is 63.0 Å². The van der Waals surface area contributed by atoms with Crippen LogP contribution in [-0.4, -0.2) is 75.1 Å². The fraction of sp³-hybridized carbons (Fsp3) is 0.750. The summed E-state index contributed by atoms with van der Waals surface area (Å²) in [6, 6.07) is 0. The van der Waals surface area contributed by atoms with Crippen molar-refractivity contribution in [2.75, 3.05) is 13.2 Å². The van der Waals surface area contributed by atoms with Crippen LogP contribution in [0.15, 0.2) is 24.3 Å². The molecule has 1 saturated heterocycles. The number of hydrogen-bond donors (Lipinski definition) is 5. The summed E-state index contributed by atoms with van der Waals surface area (Å²) in [6.07, 6.45) is -1.83. The molecule has 0 saturated carbocycles. The Hall–Kier alpha value is -0.800. The van der Waals surface area contributed by atoms with E-state index in [9.17, 15) is 20.4 Å². The fourth-order valence-electron chi connectivity index (χ4n) is 2.19. The summed E-state index contributed by atoms with van der Waals surface area (Å²) in [4.78, 5) is 0. The van der Waals surface area contributed by atoms with E-state index in [1.54, 1.807) is 6.92 Å². The number of allylic oxidation sites excluding steroid dienone is 1. The van der Waals surface area contributed by atoms with Crippen LogP contribution in [0.25, 0.3) is 0 Å². The maximum atomic E-state index is 9.84. The molecule has 7 heteroatoms. The molecule has 2 unspecified atom stereocenters. The van der Waals surface area contributed by atoms with E-state index in [-0.39, 0.29) is 6.61 Å². The molecule has 1 aliphatic rings. The molecule has 134 valence electrons. The first-order chi connectivity index (χ1) is 10.7. The van der Waals surface area contributed by atoms with Crippen LogP contribution in [-0.2, 0) is 9.47 Å². The SMILES string of the molecule is C=CC(C)(O)CCC=C(C)COC1O[C@H](CO)[C@@H](O)[C@H](O)[C@H]1O. The highest BCUT2D eigenvalue weighted by molar-refractivity contribution is 5.01. The first-order valence-electron chi connectivity index (χ1n) is 7.65. The molecule has 0 aromatic heterocycles. The fourth-order valence-corrected chi connectivity index (χ4v) is 2.19. The highest BCUT2D eigenvalue weighted by atomic mass is 16.7. The molecule has 0 aliphatic carbocycles. The summed E-state index contributed by atoms with van der Waals surface area (Å²) in [5.41, 5.74) is -0.0589. The second-order valence-corrected chi connectivity index (χ2v) is 6.16. The monoisotopic (exact) mass is 332 g/mol. The molecule has 5 N–H and O–H groups in total. The lowest BCUT2D eigenvalue weighted by atomic mass is 9.99. The van der Waals surface area contributed by atoms with Gasteiger partial charge in [0.05, 0.1) is 18.8 Å². The van der Waals surface area contributed by atoms with Gasteiger partial charge >= 0.3 is 0 Å². The van der Waals surface area contributed by atoms with E-state index in [2.05, 4.69) is 6.58 Å². The lowest BCUT2D eigenvalue weighted by molar-refractivity contribution is -0.299. The van der Waals surface area contributed by atoms with E-state index in [1.165, 1.54) is 6.08 Å². The number of aliphatic hydroxyl groups is 5. The van der Waals surface area contributed by atoms with Gasteiger partial charge in [-0.3, -0.25) is 0 Å². The second-order valence-electron chi connectivity index (χ2n) is 6.16. The Morgan fingerprint density at radius 1 is 1.26 bits per heavy atom. The molecule has 0 aromatic rings. The maximum Gasteiger partial charge on any atom is 0.187 e. The Bertz CT molecular complexity index is 405. The Morgan fingerprint density at radius 3 is 2.48 bits per heavy atom. The summed E-state index contributed by atoms with van der Waals surface area (Å²) >= 11 is 0. The minimum atomic E-state index is -1.45. The zero-order valence-corrected chi connectivity index (χ0v) is 13.6. The quantitative estimate of drug-likeness (QED) is 0.379. The molecule has 1 aliphatic heterocycles. The van der Waals surface area contributed by atoms with Gasteiger partial charge in [0.15, 0.2) is 6.29 Å². The van der Waals surface area contributed by atoms with Gasteiger partial charge in [-0.1, -0.05) is 17.7 Å². The molecule has 0 aromatic carbocycles. The molecular weight excluding hydrogens is 304 g/mol. The van der Waals surface area contributed by atoms with Gasteiger partial charge in [0, 0.05) is 0 Å². The highest BCUT2D eigenvalue weighted by Gasteiger charge is 2.43. The normalized spacial score (nSPS) is 34.9. The van der Waals surface area contributed by atoms with Gasteiger partial charge in [-0.2, -0.15) is 0 Å². The van der Waals surface area contributed by atoms with Gasteiger partial charge in [0.25, 0.3) is 0 Å². The molecule has 0 spiro atoms. The smallest absolute Gasteiger partial charge is 0.187 e. The maximum absolute atomic E-state index is 9.84. The highest BCUT2D eigenvalue weighted by Crippen LogP contribution is 2.22. The first kappa shape index (κ1) is 20.2. The van der Waals surface area contributed by atoms with Crippen molar-refractivity contribution in [3.05, 3.63) is 24.3 Å². The lowest BCUT2D eigenvalue weighted by Crippen LogP contribution is -2.59. The Morgan fingerprint density at radius 2 is 1.91 bits per heavy atom. The van der Waals surface area contributed by atoms with E-state index in [0.29, 0.717) is 12.8 Å². The van der Waals surface area contributed by atoms with Gasteiger partial charge in [-0.15, -0.1) is 6.58 Å². The molecule has 1 fully saturated rings.